The lowest BCUT2D eigenvalue weighted by molar-refractivity contribution is -0.150. The predicted molar refractivity (Wildman–Crippen MR) is 84.9 cm³/mol. The molecule has 1 aliphatic rings. The number of benzene rings is 1. The van der Waals surface area contributed by atoms with E-state index in [1.165, 1.54) is 24.3 Å². The van der Waals surface area contributed by atoms with Crippen molar-refractivity contribution in [2.24, 2.45) is 0 Å². The van der Waals surface area contributed by atoms with Crippen LogP contribution in [-0.2, 0) is 14.3 Å². The van der Waals surface area contributed by atoms with E-state index in [-0.39, 0.29) is 16.6 Å². The van der Waals surface area contributed by atoms with Gasteiger partial charge >= 0.3 is 5.97 Å². The number of hydrogen-bond donors (Lipinski definition) is 0. The molecule has 1 heterocycles. The maximum Gasteiger partial charge on any atom is 0.326 e. The highest BCUT2D eigenvalue weighted by Crippen LogP contribution is 2.32. The van der Waals surface area contributed by atoms with Gasteiger partial charge < -0.3 is 4.74 Å². The van der Waals surface area contributed by atoms with Crippen LogP contribution in [0.4, 0.5) is 9.18 Å². The minimum absolute atomic E-state index is 0.0800. The van der Waals surface area contributed by atoms with Gasteiger partial charge in [0, 0.05) is 5.56 Å². The van der Waals surface area contributed by atoms with E-state index in [0.29, 0.717) is 18.2 Å². The molecule has 2 rings (SSSR count). The molecule has 0 aromatic heterocycles. The first-order valence-corrected chi connectivity index (χ1v) is 7.93. The number of carbonyl (C=O) groups is 3. The summed E-state index contributed by atoms with van der Waals surface area (Å²) in [4.78, 5) is 36.7. The summed E-state index contributed by atoms with van der Waals surface area (Å²) in [6.07, 6.45) is 1.66. The molecule has 5 nitrogen and oxygen atoms in total. The molecule has 0 radical (unpaired) electrons. The summed E-state index contributed by atoms with van der Waals surface area (Å²) in [6.45, 7) is 3.14. The van der Waals surface area contributed by atoms with Gasteiger partial charge in [-0.25, -0.2) is 4.39 Å². The molecule has 1 saturated heterocycles. The minimum Gasteiger partial charge on any atom is -0.461 e. The van der Waals surface area contributed by atoms with E-state index in [4.69, 9.17) is 4.74 Å². The highest BCUT2D eigenvalue weighted by molar-refractivity contribution is 8.18. The topological polar surface area (TPSA) is 63.7 Å². The van der Waals surface area contributed by atoms with Gasteiger partial charge in [-0.1, -0.05) is 25.1 Å². The van der Waals surface area contributed by atoms with Crippen LogP contribution in [0.2, 0.25) is 0 Å². The van der Waals surface area contributed by atoms with E-state index in [1.807, 2.05) is 6.92 Å². The zero-order valence-electron chi connectivity index (χ0n) is 12.7. The molecule has 1 atom stereocenters. The van der Waals surface area contributed by atoms with Crippen LogP contribution >= 0.6 is 11.8 Å². The third kappa shape index (κ3) is 4.19. The number of halogens is 1. The first kappa shape index (κ1) is 17.2. The van der Waals surface area contributed by atoms with Crippen molar-refractivity contribution in [3.05, 3.63) is 40.6 Å². The molecule has 2 amide bonds. The summed E-state index contributed by atoms with van der Waals surface area (Å²) in [5.41, 5.74) is 0.209. The Balaban J connectivity index is 2.11. The van der Waals surface area contributed by atoms with Crippen LogP contribution in [0, 0.1) is 5.82 Å². The van der Waals surface area contributed by atoms with Crippen LogP contribution in [0.15, 0.2) is 29.2 Å². The first-order valence-electron chi connectivity index (χ1n) is 7.11. The number of imide groups is 1. The average molecular weight is 337 g/mol. The van der Waals surface area contributed by atoms with Crippen LogP contribution in [0.5, 0.6) is 0 Å². The van der Waals surface area contributed by atoms with Crippen molar-refractivity contribution < 1.29 is 23.5 Å². The summed E-state index contributed by atoms with van der Waals surface area (Å²) in [5, 5.41) is -0.571. The molecule has 23 heavy (non-hydrogen) atoms. The van der Waals surface area contributed by atoms with E-state index >= 15 is 0 Å². The van der Waals surface area contributed by atoms with Gasteiger partial charge in [-0.3, -0.25) is 19.3 Å². The zero-order chi connectivity index (χ0) is 17.0. The van der Waals surface area contributed by atoms with Crippen molar-refractivity contribution in [3.63, 3.8) is 0 Å². The average Bonchev–Trinajstić information content (AvgIpc) is 2.77. The van der Waals surface area contributed by atoms with Crippen molar-refractivity contribution >= 4 is 35.0 Å². The van der Waals surface area contributed by atoms with Gasteiger partial charge in [0.05, 0.1) is 11.0 Å². The van der Waals surface area contributed by atoms with Gasteiger partial charge in [0.2, 0.25) is 0 Å². The SMILES string of the molecule is CC[C@@H](C)OC(=O)CN1C(=O)S/C(=C/c2ccccc2F)C1=O. The maximum absolute atomic E-state index is 13.6. The number of carbonyl (C=O) groups excluding carboxylic acids is 3. The molecule has 0 saturated carbocycles. The monoisotopic (exact) mass is 337 g/mol. The van der Waals surface area contributed by atoms with E-state index < -0.39 is 29.5 Å². The number of esters is 1. The van der Waals surface area contributed by atoms with E-state index in [1.54, 1.807) is 13.0 Å². The van der Waals surface area contributed by atoms with Gasteiger partial charge in [0.1, 0.15) is 12.4 Å². The number of amides is 2. The number of rotatable bonds is 5. The second-order valence-electron chi connectivity index (χ2n) is 5.00. The maximum atomic E-state index is 13.6. The summed E-state index contributed by atoms with van der Waals surface area (Å²) in [6, 6.07) is 5.92. The van der Waals surface area contributed by atoms with Crippen molar-refractivity contribution in [3.8, 4) is 0 Å². The Bertz CT molecular complexity index is 674. The molecule has 0 spiro atoms. The van der Waals surface area contributed by atoms with E-state index in [0.717, 1.165) is 4.90 Å². The van der Waals surface area contributed by atoms with Crippen molar-refractivity contribution in [1.82, 2.24) is 4.90 Å². The van der Waals surface area contributed by atoms with E-state index in [9.17, 15) is 18.8 Å². The highest BCUT2D eigenvalue weighted by atomic mass is 32.2. The fourth-order valence-electron chi connectivity index (χ4n) is 1.84. The lowest BCUT2D eigenvalue weighted by atomic mass is 10.2. The van der Waals surface area contributed by atoms with Gasteiger partial charge in [0.25, 0.3) is 11.1 Å². The fraction of sp³-hybridized carbons (Fsp3) is 0.312. The van der Waals surface area contributed by atoms with Crippen molar-refractivity contribution in [2.75, 3.05) is 6.54 Å². The second kappa shape index (κ2) is 7.41. The standard InChI is InChI=1S/C16H16FNO4S/c1-3-10(2)22-14(19)9-18-15(20)13(23-16(18)21)8-11-6-4-5-7-12(11)17/h4-8,10H,3,9H2,1-2H3/b13-8+/t10-/m1/s1. The number of thioether (sulfide) groups is 1. The third-order valence-corrected chi connectivity index (χ3v) is 4.17. The van der Waals surface area contributed by atoms with E-state index in [2.05, 4.69) is 0 Å². The quantitative estimate of drug-likeness (QED) is 0.610. The van der Waals surface area contributed by atoms with Gasteiger partial charge in [-0.2, -0.15) is 0 Å². The lowest BCUT2D eigenvalue weighted by Crippen LogP contribution is -2.35. The fourth-order valence-corrected chi connectivity index (χ4v) is 2.67. The molecule has 122 valence electrons. The Kier molecular flexibility index (Phi) is 5.54. The molecule has 7 heteroatoms. The number of hydrogen-bond acceptors (Lipinski definition) is 5. The first-order chi connectivity index (χ1) is 10.9. The Morgan fingerprint density at radius 1 is 1.39 bits per heavy atom. The van der Waals surface area contributed by atoms with Gasteiger partial charge in [-0.05, 0) is 37.2 Å². The molecular weight excluding hydrogens is 321 g/mol. The molecular formula is C16H16FNO4S. The number of nitrogens with zero attached hydrogens (tertiary/aromatic N) is 1. The molecule has 1 aromatic carbocycles. The van der Waals surface area contributed by atoms with Crippen molar-refractivity contribution in [1.29, 1.82) is 0 Å². The second-order valence-corrected chi connectivity index (χ2v) is 5.99. The number of ether oxygens (including phenoxy) is 1. The Hall–Kier alpha value is -2.15. The predicted octanol–water partition coefficient (Wildman–Crippen LogP) is 3.20. The summed E-state index contributed by atoms with van der Waals surface area (Å²) >= 11 is 0.676. The van der Waals surface area contributed by atoms with Crippen LogP contribution in [0.25, 0.3) is 6.08 Å². The Morgan fingerprint density at radius 2 is 2.09 bits per heavy atom. The van der Waals surface area contributed by atoms with Crippen LogP contribution in [0.3, 0.4) is 0 Å². The lowest BCUT2D eigenvalue weighted by Gasteiger charge is -2.14. The van der Waals surface area contributed by atoms with Crippen LogP contribution in [0.1, 0.15) is 25.8 Å². The zero-order valence-corrected chi connectivity index (χ0v) is 13.6. The molecule has 0 aliphatic carbocycles. The molecule has 0 unspecified atom stereocenters. The molecule has 1 fully saturated rings. The molecule has 0 N–H and O–H groups in total. The largest absolute Gasteiger partial charge is 0.461 e. The Labute approximate surface area is 137 Å². The molecule has 1 aromatic rings. The third-order valence-electron chi connectivity index (χ3n) is 3.26. The normalized spacial score (nSPS) is 17.7. The van der Waals surface area contributed by atoms with Crippen LogP contribution < -0.4 is 0 Å². The van der Waals surface area contributed by atoms with Crippen molar-refractivity contribution in [2.45, 2.75) is 26.4 Å². The van der Waals surface area contributed by atoms with Gasteiger partial charge in [-0.15, -0.1) is 0 Å². The minimum atomic E-state index is -0.645. The summed E-state index contributed by atoms with van der Waals surface area (Å²) in [5.74, 6) is -1.76. The summed E-state index contributed by atoms with van der Waals surface area (Å²) < 4.78 is 18.7. The highest BCUT2D eigenvalue weighted by Gasteiger charge is 2.37. The molecule has 0 bridgehead atoms. The van der Waals surface area contributed by atoms with Gasteiger partial charge in [0.15, 0.2) is 0 Å². The van der Waals surface area contributed by atoms with Crippen LogP contribution in [-0.4, -0.2) is 34.7 Å². The smallest absolute Gasteiger partial charge is 0.326 e. The Morgan fingerprint density at radius 3 is 2.74 bits per heavy atom. The molecule has 1 aliphatic heterocycles. The summed E-state index contributed by atoms with van der Waals surface area (Å²) in [7, 11) is 0.